The molecule has 2 aliphatic rings. The van der Waals surface area contributed by atoms with Crippen molar-refractivity contribution in [2.75, 3.05) is 23.8 Å². The van der Waals surface area contributed by atoms with Crippen molar-refractivity contribution < 1.29 is 18.3 Å². The molecule has 192 valence electrons. The van der Waals surface area contributed by atoms with Crippen LogP contribution in [0, 0.1) is 17.0 Å². The van der Waals surface area contributed by atoms with Crippen molar-refractivity contribution in [3.05, 3.63) is 35.0 Å². The number of hydrogen-bond donors (Lipinski definition) is 3. The Hall–Kier alpha value is -3.05. The van der Waals surface area contributed by atoms with E-state index in [0.29, 0.717) is 62.0 Å². The summed E-state index contributed by atoms with van der Waals surface area (Å²) in [6.07, 6.45) is 5.79. The van der Waals surface area contributed by atoms with Gasteiger partial charge in [0, 0.05) is 36.8 Å². The van der Waals surface area contributed by atoms with E-state index in [4.69, 9.17) is 27.1 Å². The maximum Gasteiger partial charge on any atom is 0.224 e. The summed E-state index contributed by atoms with van der Waals surface area (Å²) in [6.45, 7) is 3.23. The van der Waals surface area contributed by atoms with E-state index < -0.39 is 17.0 Å². The van der Waals surface area contributed by atoms with Crippen molar-refractivity contribution in [2.45, 2.75) is 57.5 Å². The standard InChI is InChI=1S/C24H28ClF2N7O2/c1-24(21(28)35)6-2-15(3-7-24)34-20-18(12-29-22(33-20)30-14-4-8-36-9-5-14)31-23(34)32-19-16(25)10-13(26)11-17(19)27/h10-12,14-15H,2-9H2,1H3,(H2,28,35)(H,31,32)(H,29,30,33)/t15-,24+. The Bertz CT molecular complexity index is 1260. The Morgan fingerprint density at radius 1 is 1.19 bits per heavy atom. The van der Waals surface area contributed by atoms with Gasteiger partial charge in [-0.15, -0.1) is 0 Å². The Kier molecular flexibility index (Phi) is 6.69. The van der Waals surface area contributed by atoms with Gasteiger partial charge < -0.3 is 21.1 Å². The summed E-state index contributed by atoms with van der Waals surface area (Å²) in [4.78, 5) is 25.8. The molecule has 1 amide bonds. The lowest BCUT2D eigenvalue weighted by Gasteiger charge is -2.35. The highest BCUT2D eigenvalue weighted by Gasteiger charge is 2.38. The molecule has 0 bridgehead atoms. The number of benzene rings is 1. The lowest BCUT2D eigenvalue weighted by Crippen LogP contribution is -2.38. The number of fused-ring (bicyclic) bond motifs is 1. The molecule has 1 saturated heterocycles. The van der Waals surface area contributed by atoms with Crippen LogP contribution in [0.15, 0.2) is 18.3 Å². The molecule has 9 nitrogen and oxygen atoms in total. The predicted molar refractivity (Wildman–Crippen MR) is 132 cm³/mol. The van der Waals surface area contributed by atoms with Crippen molar-refractivity contribution in [3.63, 3.8) is 0 Å². The van der Waals surface area contributed by atoms with Gasteiger partial charge in [-0.3, -0.25) is 9.36 Å². The van der Waals surface area contributed by atoms with Gasteiger partial charge >= 0.3 is 0 Å². The van der Waals surface area contributed by atoms with E-state index in [9.17, 15) is 13.6 Å². The summed E-state index contributed by atoms with van der Waals surface area (Å²) in [5.41, 5.74) is 6.05. The van der Waals surface area contributed by atoms with Gasteiger partial charge in [-0.05, 0) is 44.6 Å². The number of hydrogen-bond acceptors (Lipinski definition) is 7. The molecule has 36 heavy (non-hydrogen) atoms. The molecule has 0 atom stereocenters. The minimum atomic E-state index is -0.837. The van der Waals surface area contributed by atoms with Crippen LogP contribution in [-0.4, -0.2) is 44.7 Å². The van der Waals surface area contributed by atoms with E-state index in [0.717, 1.165) is 25.0 Å². The van der Waals surface area contributed by atoms with E-state index >= 15 is 0 Å². The molecule has 3 heterocycles. The molecule has 1 aromatic carbocycles. The average molecular weight is 520 g/mol. The van der Waals surface area contributed by atoms with E-state index in [1.54, 1.807) is 6.20 Å². The molecule has 2 fully saturated rings. The number of carbonyl (C=O) groups excluding carboxylic acids is 1. The number of rotatable bonds is 6. The van der Waals surface area contributed by atoms with Crippen LogP contribution in [0.5, 0.6) is 0 Å². The number of nitrogens with one attached hydrogen (secondary N) is 2. The van der Waals surface area contributed by atoms with Gasteiger partial charge in [0.2, 0.25) is 17.8 Å². The highest BCUT2D eigenvalue weighted by Crippen LogP contribution is 2.43. The van der Waals surface area contributed by atoms with E-state index in [-0.39, 0.29) is 28.7 Å². The van der Waals surface area contributed by atoms with Crippen molar-refractivity contribution in [3.8, 4) is 0 Å². The van der Waals surface area contributed by atoms with E-state index in [1.807, 2.05) is 11.5 Å². The zero-order valence-electron chi connectivity index (χ0n) is 19.9. The minimum absolute atomic E-state index is 0.0825. The monoisotopic (exact) mass is 519 g/mol. The average Bonchev–Trinajstić information content (AvgIpc) is 3.20. The van der Waals surface area contributed by atoms with Crippen LogP contribution >= 0.6 is 11.6 Å². The highest BCUT2D eigenvalue weighted by atomic mass is 35.5. The largest absolute Gasteiger partial charge is 0.381 e. The van der Waals surface area contributed by atoms with Crippen LogP contribution in [0.3, 0.4) is 0 Å². The third-order valence-electron chi connectivity index (χ3n) is 7.25. The van der Waals surface area contributed by atoms with Gasteiger partial charge in [0.25, 0.3) is 0 Å². The summed E-state index contributed by atoms with van der Waals surface area (Å²) >= 11 is 6.15. The Labute approximate surface area is 211 Å². The van der Waals surface area contributed by atoms with Crippen LogP contribution in [0.1, 0.15) is 51.5 Å². The number of ether oxygens (including phenoxy) is 1. The molecular weight excluding hydrogens is 492 g/mol. The molecule has 0 unspecified atom stereocenters. The molecule has 1 aliphatic heterocycles. The molecule has 5 rings (SSSR count). The molecule has 0 spiro atoms. The van der Waals surface area contributed by atoms with Gasteiger partial charge in [-0.1, -0.05) is 18.5 Å². The SMILES string of the molecule is C[C@]1(C(N)=O)CC[C@@H](n2c(Nc3c(F)cc(F)cc3Cl)nc3cnc(NC4CCOCC4)nc32)CC1. The van der Waals surface area contributed by atoms with Gasteiger partial charge in [-0.2, -0.15) is 4.98 Å². The first kappa shape index (κ1) is 24.6. The highest BCUT2D eigenvalue weighted by molar-refractivity contribution is 6.33. The van der Waals surface area contributed by atoms with Crippen molar-refractivity contribution in [2.24, 2.45) is 11.1 Å². The summed E-state index contributed by atoms with van der Waals surface area (Å²) in [5.74, 6) is -1.16. The first-order valence-corrected chi connectivity index (χ1v) is 12.4. The summed E-state index contributed by atoms with van der Waals surface area (Å²) < 4.78 is 35.6. The summed E-state index contributed by atoms with van der Waals surface area (Å²) in [5, 5.41) is 6.21. The maximum absolute atomic E-state index is 14.6. The van der Waals surface area contributed by atoms with Gasteiger partial charge in [0.05, 0.1) is 16.9 Å². The molecule has 3 aromatic rings. The first-order valence-electron chi connectivity index (χ1n) is 12.0. The van der Waals surface area contributed by atoms with Crippen molar-refractivity contribution >= 4 is 46.3 Å². The molecular formula is C24H28ClF2N7O2. The quantitative estimate of drug-likeness (QED) is 0.431. The number of nitrogens with two attached hydrogens (primary N) is 1. The van der Waals surface area contributed by atoms with Crippen LogP contribution in [-0.2, 0) is 9.53 Å². The summed E-state index contributed by atoms with van der Waals surface area (Å²) in [7, 11) is 0. The van der Waals surface area contributed by atoms with Gasteiger partial charge in [-0.25, -0.2) is 18.7 Å². The number of carbonyl (C=O) groups is 1. The zero-order valence-corrected chi connectivity index (χ0v) is 20.6. The summed E-state index contributed by atoms with van der Waals surface area (Å²) in [6, 6.07) is 1.91. The fraction of sp³-hybridized carbons (Fsp3) is 0.500. The van der Waals surface area contributed by atoms with Crippen LogP contribution < -0.4 is 16.4 Å². The molecule has 2 aromatic heterocycles. The third kappa shape index (κ3) is 4.81. The smallest absolute Gasteiger partial charge is 0.224 e. The van der Waals surface area contributed by atoms with E-state index in [1.165, 1.54) is 0 Å². The fourth-order valence-electron chi connectivity index (χ4n) is 4.94. The van der Waals surface area contributed by atoms with Crippen molar-refractivity contribution in [1.29, 1.82) is 0 Å². The lowest BCUT2D eigenvalue weighted by molar-refractivity contribution is -0.128. The van der Waals surface area contributed by atoms with E-state index in [2.05, 4.69) is 20.6 Å². The number of anilines is 3. The molecule has 4 N–H and O–H groups in total. The second-order valence-corrected chi connectivity index (χ2v) is 10.2. The number of aromatic nitrogens is 4. The number of imidazole rings is 1. The number of halogens is 3. The molecule has 1 saturated carbocycles. The fourth-order valence-corrected chi connectivity index (χ4v) is 5.18. The Balaban J connectivity index is 1.53. The minimum Gasteiger partial charge on any atom is -0.381 e. The second kappa shape index (κ2) is 9.78. The lowest BCUT2D eigenvalue weighted by atomic mass is 9.73. The van der Waals surface area contributed by atoms with Crippen LogP contribution in [0.2, 0.25) is 5.02 Å². The Morgan fingerprint density at radius 2 is 1.92 bits per heavy atom. The number of amides is 1. The first-order chi connectivity index (χ1) is 17.2. The third-order valence-corrected chi connectivity index (χ3v) is 7.55. The second-order valence-electron chi connectivity index (χ2n) is 9.76. The number of nitrogens with zero attached hydrogens (tertiary/aromatic N) is 4. The zero-order chi connectivity index (χ0) is 25.4. The molecule has 12 heteroatoms. The maximum atomic E-state index is 14.6. The predicted octanol–water partition coefficient (Wildman–Crippen LogP) is 4.70. The van der Waals surface area contributed by atoms with Crippen molar-refractivity contribution in [1.82, 2.24) is 19.5 Å². The van der Waals surface area contributed by atoms with Gasteiger partial charge in [0.15, 0.2) is 11.5 Å². The Morgan fingerprint density at radius 3 is 2.58 bits per heavy atom. The topological polar surface area (TPSA) is 120 Å². The molecule has 0 radical (unpaired) electrons. The van der Waals surface area contributed by atoms with Gasteiger partial charge in [0.1, 0.15) is 11.3 Å². The van der Waals surface area contributed by atoms with Crippen LogP contribution in [0.25, 0.3) is 11.2 Å². The normalized spacial score (nSPS) is 23.1. The van der Waals surface area contributed by atoms with Crippen LogP contribution in [0.4, 0.5) is 26.4 Å². The number of primary amides is 1. The molecule has 1 aliphatic carbocycles.